The maximum absolute atomic E-state index is 10.5. The first kappa shape index (κ1) is 19.2. The van der Waals surface area contributed by atoms with E-state index in [2.05, 4.69) is 26.8 Å². The summed E-state index contributed by atoms with van der Waals surface area (Å²) in [5.74, 6) is 6.82. The Morgan fingerprint density at radius 2 is 1.90 bits per heavy atom. The molecular weight excluding hydrogens is 424 g/mol. The minimum Gasteiger partial charge on any atom is -0.388 e. The van der Waals surface area contributed by atoms with E-state index in [1.54, 1.807) is 4.57 Å². The van der Waals surface area contributed by atoms with Crippen molar-refractivity contribution in [1.82, 2.24) is 19.5 Å². The van der Waals surface area contributed by atoms with Crippen LogP contribution in [0.25, 0.3) is 21.9 Å². The Morgan fingerprint density at radius 1 is 1.07 bits per heavy atom. The van der Waals surface area contributed by atoms with E-state index in [9.17, 15) is 10.2 Å². The normalized spacial score (nSPS) is 21.0. The highest BCUT2D eigenvalue weighted by atomic mass is 35.5. The quantitative estimate of drug-likeness (QED) is 0.369. The molecule has 0 aliphatic carbocycles. The number of aliphatic hydroxyl groups excluding tert-OH is 2. The number of hydrogen-bond acceptors (Lipinski definition) is 7. The van der Waals surface area contributed by atoms with Crippen molar-refractivity contribution in [3.8, 4) is 22.5 Å². The summed E-state index contributed by atoms with van der Waals surface area (Å²) in [5.41, 5.74) is 1.54. The van der Waals surface area contributed by atoms with Gasteiger partial charge in [0.2, 0.25) is 0 Å². The summed E-state index contributed by atoms with van der Waals surface area (Å²) in [5, 5.41) is 22.6. The van der Waals surface area contributed by atoms with Crippen LogP contribution in [0.15, 0.2) is 47.8 Å². The van der Waals surface area contributed by atoms with Gasteiger partial charge in [-0.05, 0) is 29.5 Å². The summed E-state index contributed by atoms with van der Waals surface area (Å²) in [7, 11) is 0. The first-order valence-electron chi connectivity index (χ1n) is 9.16. The molecule has 2 N–H and O–H groups in total. The van der Waals surface area contributed by atoms with Crippen molar-refractivity contribution in [1.29, 1.82) is 0 Å². The van der Waals surface area contributed by atoms with E-state index in [4.69, 9.17) is 16.3 Å². The smallest absolute Gasteiger partial charge is 0.190 e. The average molecular weight is 439 g/mol. The molecule has 30 heavy (non-hydrogen) atoms. The van der Waals surface area contributed by atoms with Crippen LogP contribution in [0.2, 0.25) is 5.15 Å². The minimum atomic E-state index is -1.15. The molecule has 0 amide bonds. The molecule has 1 saturated heterocycles. The van der Waals surface area contributed by atoms with Crippen LogP contribution >= 0.6 is 22.9 Å². The Labute approximate surface area is 180 Å². The van der Waals surface area contributed by atoms with Gasteiger partial charge in [0, 0.05) is 5.56 Å². The third-order valence-corrected chi connectivity index (χ3v) is 5.84. The van der Waals surface area contributed by atoms with E-state index in [0.717, 1.165) is 10.4 Å². The van der Waals surface area contributed by atoms with Crippen molar-refractivity contribution in [2.24, 2.45) is 0 Å². The van der Waals surface area contributed by atoms with Gasteiger partial charge in [-0.3, -0.25) is 4.57 Å². The Hall–Kier alpha value is -2.80. The fraction of sp³-hybridized carbons (Fsp3) is 0.190. The predicted molar refractivity (Wildman–Crippen MR) is 113 cm³/mol. The summed E-state index contributed by atoms with van der Waals surface area (Å²) < 4.78 is 7.23. The van der Waals surface area contributed by atoms with E-state index < -0.39 is 18.4 Å². The second kappa shape index (κ2) is 7.80. The molecule has 3 atom stereocenters. The van der Waals surface area contributed by atoms with E-state index in [0.29, 0.717) is 22.8 Å². The molecule has 0 saturated carbocycles. The third kappa shape index (κ3) is 3.37. The number of aromatic nitrogens is 4. The average Bonchev–Trinajstić information content (AvgIpc) is 3.48. The fourth-order valence-corrected chi connectivity index (χ4v) is 4.11. The van der Waals surface area contributed by atoms with Crippen molar-refractivity contribution in [3.05, 3.63) is 64.4 Å². The maximum Gasteiger partial charge on any atom is 0.190 e. The standard InChI is InChI=1S/C21H15ClN4O3S/c22-18-16-20(25-19(24-18)14-7-4-10-30-14)26(21-17(28)13(27)11-29-21)15(23-16)9-8-12-5-2-1-3-6-12/h1-7,10,13,17,21,27-28H,11H2/t13-,17-,21-/m1/s1. The van der Waals surface area contributed by atoms with Gasteiger partial charge in [-0.1, -0.05) is 41.8 Å². The number of benzene rings is 1. The molecule has 0 unspecified atom stereocenters. The predicted octanol–water partition coefficient (Wildman–Crippen LogP) is 2.86. The number of nitrogens with zero attached hydrogens (tertiary/aromatic N) is 4. The van der Waals surface area contributed by atoms with Crippen molar-refractivity contribution < 1.29 is 14.9 Å². The van der Waals surface area contributed by atoms with Crippen LogP contribution in [0, 0.1) is 11.8 Å². The molecule has 3 aromatic heterocycles. The number of fused-ring (bicyclic) bond motifs is 1. The maximum atomic E-state index is 10.5. The monoisotopic (exact) mass is 438 g/mol. The minimum absolute atomic E-state index is 0.00629. The second-order valence-corrected chi connectivity index (χ2v) is 8.00. The van der Waals surface area contributed by atoms with Gasteiger partial charge in [0.05, 0.1) is 11.5 Å². The van der Waals surface area contributed by atoms with E-state index >= 15 is 0 Å². The summed E-state index contributed by atoms with van der Waals surface area (Å²) >= 11 is 7.91. The highest BCUT2D eigenvalue weighted by molar-refractivity contribution is 7.13. The van der Waals surface area contributed by atoms with Gasteiger partial charge in [0.15, 0.2) is 28.7 Å². The van der Waals surface area contributed by atoms with Gasteiger partial charge in [0.25, 0.3) is 0 Å². The Kier molecular flexibility index (Phi) is 4.98. The lowest BCUT2D eigenvalue weighted by molar-refractivity contribution is -0.0167. The van der Waals surface area contributed by atoms with Gasteiger partial charge in [0.1, 0.15) is 17.7 Å². The van der Waals surface area contributed by atoms with E-state index in [1.165, 1.54) is 11.3 Å². The number of hydrogen-bond donors (Lipinski definition) is 2. The first-order chi connectivity index (χ1) is 14.6. The molecule has 0 spiro atoms. The number of aliphatic hydroxyl groups is 2. The Bertz CT molecular complexity index is 1260. The molecule has 0 radical (unpaired) electrons. The number of imidazole rings is 1. The molecule has 0 bridgehead atoms. The van der Waals surface area contributed by atoms with Gasteiger partial charge < -0.3 is 14.9 Å². The van der Waals surface area contributed by atoms with Crippen LogP contribution in [0.3, 0.4) is 0 Å². The molecule has 4 aromatic rings. The summed E-state index contributed by atoms with van der Waals surface area (Å²) in [6.45, 7) is -0.00629. The Morgan fingerprint density at radius 3 is 2.60 bits per heavy atom. The molecule has 7 nitrogen and oxygen atoms in total. The third-order valence-electron chi connectivity index (χ3n) is 4.71. The lowest BCUT2D eigenvalue weighted by Gasteiger charge is -2.18. The van der Waals surface area contributed by atoms with Crippen LogP contribution in [-0.2, 0) is 4.74 Å². The zero-order valence-corrected chi connectivity index (χ0v) is 17.0. The molecule has 1 aliphatic heterocycles. The zero-order chi connectivity index (χ0) is 20.7. The number of ether oxygens (including phenoxy) is 1. The Balaban J connectivity index is 1.72. The molecular formula is C21H15ClN4O3S. The van der Waals surface area contributed by atoms with Crippen LogP contribution < -0.4 is 0 Å². The van der Waals surface area contributed by atoms with Gasteiger partial charge in [-0.15, -0.1) is 11.3 Å². The molecule has 4 heterocycles. The van der Waals surface area contributed by atoms with E-state index in [1.807, 2.05) is 47.8 Å². The molecule has 1 fully saturated rings. The fourth-order valence-electron chi connectivity index (χ4n) is 3.25. The van der Waals surface area contributed by atoms with Crippen molar-refractivity contribution in [2.45, 2.75) is 18.4 Å². The SMILES string of the molecule is O[C@@H]1[C@H](O)CO[C@H]1n1c(C#Cc2ccccc2)nc2c(Cl)nc(-c3cccs3)nc21. The zero-order valence-electron chi connectivity index (χ0n) is 15.4. The van der Waals surface area contributed by atoms with Crippen molar-refractivity contribution in [3.63, 3.8) is 0 Å². The van der Waals surface area contributed by atoms with Crippen LogP contribution in [0.4, 0.5) is 0 Å². The topological polar surface area (TPSA) is 93.3 Å². The molecule has 1 aromatic carbocycles. The highest BCUT2D eigenvalue weighted by Gasteiger charge is 2.38. The number of rotatable bonds is 2. The van der Waals surface area contributed by atoms with E-state index in [-0.39, 0.29) is 11.8 Å². The summed E-state index contributed by atoms with van der Waals surface area (Å²) in [6.07, 6.45) is -3.07. The van der Waals surface area contributed by atoms with Crippen LogP contribution in [-0.4, -0.2) is 48.5 Å². The van der Waals surface area contributed by atoms with Gasteiger partial charge in [-0.25, -0.2) is 15.0 Å². The summed E-state index contributed by atoms with van der Waals surface area (Å²) in [6, 6.07) is 13.2. The van der Waals surface area contributed by atoms with Crippen LogP contribution in [0.5, 0.6) is 0 Å². The summed E-state index contributed by atoms with van der Waals surface area (Å²) in [4.78, 5) is 14.4. The first-order valence-corrected chi connectivity index (χ1v) is 10.4. The second-order valence-electron chi connectivity index (χ2n) is 6.69. The van der Waals surface area contributed by atoms with Crippen LogP contribution in [0.1, 0.15) is 17.6 Å². The lowest BCUT2D eigenvalue weighted by Crippen LogP contribution is -2.29. The van der Waals surface area contributed by atoms with Crippen molar-refractivity contribution >= 4 is 34.1 Å². The molecule has 9 heteroatoms. The van der Waals surface area contributed by atoms with Gasteiger partial charge in [-0.2, -0.15) is 0 Å². The number of thiophene rings is 1. The van der Waals surface area contributed by atoms with Gasteiger partial charge >= 0.3 is 0 Å². The van der Waals surface area contributed by atoms with Crippen molar-refractivity contribution in [2.75, 3.05) is 6.61 Å². The lowest BCUT2D eigenvalue weighted by atomic mass is 10.2. The molecule has 150 valence electrons. The largest absolute Gasteiger partial charge is 0.388 e. The number of halogens is 1. The highest BCUT2D eigenvalue weighted by Crippen LogP contribution is 2.33. The molecule has 1 aliphatic rings. The molecule has 5 rings (SSSR count).